The number of ether oxygens (including phenoxy) is 1. The van der Waals surface area contributed by atoms with Crippen LogP contribution in [0.3, 0.4) is 0 Å². The average molecular weight is 295 g/mol. The standard InChI is InChI=1S/C16H26FN3O/c1-4-6-11-19-16(18-5-2)20-12-13(3)21-15-10-8-7-9-14(15)17/h7-10,13H,4-6,11-12H2,1-3H3,(H2,18,19,20). The minimum absolute atomic E-state index is 0.191. The molecule has 0 bridgehead atoms. The summed E-state index contributed by atoms with van der Waals surface area (Å²) in [4.78, 5) is 4.46. The molecule has 0 aliphatic carbocycles. The molecule has 5 heteroatoms. The molecule has 1 rings (SSSR count). The lowest BCUT2D eigenvalue weighted by Gasteiger charge is -2.15. The second-order valence-corrected chi connectivity index (χ2v) is 4.86. The van der Waals surface area contributed by atoms with Gasteiger partial charge in [0, 0.05) is 13.1 Å². The predicted molar refractivity (Wildman–Crippen MR) is 85.4 cm³/mol. The maximum absolute atomic E-state index is 13.5. The third-order valence-electron chi connectivity index (χ3n) is 2.84. The molecule has 0 amide bonds. The van der Waals surface area contributed by atoms with Crippen LogP contribution >= 0.6 is 0 Å². The van der Waals surface area contributed by atoms with Crippen molar-refractivity contribution >= 4 is 5.96 Å². The Morgan fingerprint density at radius 1 is 1.29 bits per heavy atom. The monoisotopic (exact) mass is 295 g/mol. The van der Waals surface area contributed by atoms with Crippen molar-refractivity contribution in [3.05, 3.63) is 30.1 Å². The van der Waals surface area contributed by atoms with Crippen LogP contribution in [0.15, 0.2) is 29.3 Å². The first kappa shape index (κ1) is 17.3. The molecule has 0 aromatic heterocycles. The van der Waals surface area contributed by atoms with Crippen molar-refractivity contribution in [3.63, 3.8) is 0 Å². The highest BCUT2D eigenvalue weighted by atomic mass is 19.1. The van der Waals surface area contributed by atoms with E-state index in [1.165, 1.54) is 6.07 Å². The Bertz CT molecular complexity index is 437. The molecule has 21 heavy (non-hydrogen) atoms. The molecule has 0 aliphatic heterocycles. The second-order valence-electron chi connectivity index (χ2n) is 4.86. The summed E-state index contributed by atoms with van der Waals surface area (Å²) >= 11 is 0. The van der Waals surface area contributed by atoms with E-state index in [1.807, 2.05) is 13.8 Å². The largest absolute Gasteiger partial charge is 0.486 e. The molecule has 1 unspecified atom stereocenters. The minimum atomic E-state index is -0.346. The highest BCUT2D eigenvalue weighted by molar-refractivity contribution is 5.79. The lowest BCUT2D eigenvalue weighted by molar-refractivity contribution is 0.220. The number of guanidine groups is 1. The van der Waals surface area contributed by atoms with Gasteiger partial charge in [0.1, 0.15) is 6.10 Å². The molecule has 0 radical (unpaired) electrons. The first-order chi connectivity index (χ1) is 10.2. The Hall–Kier alpha value is -1.78. The van der Waals surface area contributed by atoms with Crippen LogP contribution < -0.4 is 15.4 Å². The summed E-state index contributed by atoms with van der Waals surface area (Å²) < 4.78 is 19.1. The zero-order valence-electron chi connectivity index (χ0n) is 13.2. The van der Waals surface area contributed by atoms with Crippen molar-refractivity contribution in [1.29, 1.82) is 0 Å². The quantitative estimate of drug-likeness (QED) is 0.440. The van der Waals surface area contributed by atoms with Crippen LogP contribution in [0.4, 0.5) is 4.39 Å². The average Bonchev–Trinajstić information content (AvgIpc) is 2.47. The van der Waals surface area contributed by atoms with Crippen molar-refractivity contribution < 1.29 is 9.13 Å². The lowest BCUT2D eigenvalue weighted by Crippen LogP contribution is -2.38. The van der Waals surface area contributed by atoms with E-state index >= 15 is 0 Å². The van der Waals surface area contributed by atoms with E-state index < -0.39 is 0 Å². The fourth-order valence-corrected chi connectivity index (χ4v) is 1.74. The van der Waals surface area contributed by atoms with Crippen LogP contribution in [0.25, 0.3) is 0 Å². The second kappa shape index (κ2) is 10.0. The van der Waals surface area contributed by atoms with Gasteiger partial charge in [-0.1, -0.05) is 25.5 Å². The first-order valence-corrected chi connectivity index (χ1v) is 7.60. The maximum atomic E-state index is 13.5. The number of hydrogen-bond donors (Lipinski definition) is 2. The molecule has 4 nitrogen and oxygen atoms in total. The van der Waals surface area contributed by atoms with Crippen LogP contribution in [0.5, 0.6) is 5.75 Å². The van der Waals surface area contributed by atoms with Crippen LogP contribution in [0, 0.1) is 5.82 Å². The van der Waals surface area contributed by atoms with Gasteiger partial charge in [0.05, 0.1) is 6.54 Å². The maximum Gasteiger partial charge on any atom is 0.191 e. The summed E-state index contributed by atoms with van der Waals surface area (Å²) in [5.41, 5.74) is 0. The summed E-state index contributed by atoms with van der Waals surface area (Å²) in [6.45, 7) is 8.22. The molecule has 0 heterocycles. The number of benzene rings is 1. The molecule has 2 N–H and O–H groups in total. The lowest BCUT2D eigenvalue weighted by atomic mass is 10.3. The highest BCUT2D eigenvalue weighted by Crippen LogP contribution is 2.16. The zero-order valence-corrected chi connectivity index (χ0v) is 13.2. The third kappa shape index (κ3) is 6.97. The molecule has 0 fully saturated rings. The van der Waals surface area contributed by atoms with Gasteiger partial charge in [-0.3, -0.25) is 0 Å². The van der Waals surface area contributed by atoms with Crippen molar-refractivity contribution in [2.75, 3.05) is 19.6 Å². The fraction of sp³-hybridized carbons (Fsp3) is 0.562. The van der Waals surface area contributed by atoms with Gasteiger partial charge in [0.15, 0.2) is 17.5 Å². The number of hydrogen-bond acceptors (Lipinski definition) is 2. The van der Waals surface area contributed by atoms with Crippen molar-refractivity contribution in [2.45, 2.75) is 39.7 Å². The number of nitrogens with one attached hydrogen (secondary N) is 2. The Morgan fingerprint density at radius 3 is 2.71 bits per heavy atom. The van der Waals surface area contributed by atoms with Gasteiger partial charge in [-0.15, -0.1) is 0 Å². The van der Waals surface area contributed by atoms with Crippen molar-refractivity contribution in [2.24, 2.45) is 4.99 Å². The van der Waals surface area contributed by atoms with E-state index in [-0.39, 0.29) is 17.7 Å². The Balaban J connectivity index is 2.48. The van der Waals surface area contributed by atoms with Gasteiger partial charge in [0.2, 0.25) is 0 Å². The molecule has 1 aromatic carbocycles. The van der Waals surface area contributed by atoms with E-state index in [9.17, 15) is 4.39 Å². The molecule has 0 saturated carbocycles. The van der Waals surface area contributed by atoms with Crippen LogP contribution in [0.1, 0.15) is 33.6 Å². The smallest absolute Gasteiger partial charge is 0.191 e. The van der Waals surface area contributed by atoms with Gasteiger partial charge < -0.3 is 15.4 Å². The van der Waals surface area contributed by atoms with Gasteiger partial charge >= 0.3 is 0 Å². The predicted octanol–water partition coefficient (Wildman–Crippen LogP) is 2.95. The molecule has 1 atom stereocenters. The zero-order chi connectivity index (χ0) is 15.5. The fourth-order valence-electron chi connectivity index (χ4n) is 1.74. The van der Waals surface area contributed by atoms with Gasteiger partial charge in [-0.25, -0.2) is 9.38 Å². The Morgan fingerprint density at radius 2 is 2.05 bits per heavy atom. The van der Waals surface area contributed by atoms with Crippen LogP contribution in [-0.2, 0) is 0 Å². The topological polar surface area (TPSA) is 45.7 Å². The molecular weight excluding hydrogens is 269 g/mol. The number of aliphatic imine (C=N–C) groups is 1. The summed E-state index contributed by atoms with van der Waals surface area (Å²) in [5.74, 6) is 0.695. The summed E-state index contributed by atoms with van der Waals surface area (Å²) in [7, 11) is 0. The molecular formula is C16H26FN3O. The summed E-state index contributed by atoms with van der Waals surface area (Å²) in [6, 6.07) is 6.42. The van der Waals surface area contributed by atoms with Gasteiger partial charge in [0.25, 0.3) is 0 Å². The summed E-state index contributed by atoms with van der Waals surface area (Å²) in [6.07, 6.45) is 2.05. The Kier molecular flexibility index (Phi) is 8.24. The van der Waals surface area contributed by atoms with E-state index in [1.54, 1.807) is 18.2 Å². The molecule has 0 saturated heterocycles. The normalized spacial score (nSPS) is 12.9. The van der Waals surface area contributed by atoms with Crippen LogP contribution in [0.2, 0.25) is 0 Å². The van der Waals surface area contributed by atoms with E-state index in [2.05, 4.69) is 22.5 Å². The molecule has 0 aliphatic rings. The minimum Gasteiger partial charge on any atom is -0.486 e. The van der Waals surface area contributed by atoms with E-state index in [0.717, 1.165) is 31.9 Å². The van der Waals surface area contributed by atoms with Gasteiger partial charge in [-0.2, -0.15) is 0 Å². The summed E-state index contributed by atoms with van der Waals surface area (Å²) in [5, 5.41) is 6.44. The number of unbranched alkanes of at least 4 members (excludes halogenated alkanes) is 1. The molecule has 1 aromatic rings. The Labute approximate surface area is 126 Å². The number of nitrogens with zero attached hydrogens (tertiary/aromatic N) is 1. The highest BCUT2D eigenvalue weighted by Gasteiger charge is 2.07. The number of rotatable bonds is 8. The van der Waals surface area contributed by atoms with Gasteiger partial charge in [-0.05, 0) is 32.4 Å². The van der Waals surface area contributed by atoms with Crippen molar-refractivity contribution in [3.8, 4) is 5.75 Å². The van der Waals surface area contributed by atoms with E-state index in [4.69, 9.17) is 4.74 Å². The number of halogens is 1. The van der Waals surface area contributed by atoms with Crippen molar-refractivity contribution in [1.82, 2.24) is 10.6 Å². The molecule has 118 valence electrons. The third-order valence-corrected chi connectivity index (χ3v) is 2.84. The molecule has 0 spiro atoms. The number of para-hydroxylation sites is 1. The van der Waals surface area contributed by atoms with Crippen LogP contribution in [-0.4, -0.2) is 31.7 Å². The SMILES string of the molecule is CCCCNC(=NCC(C)Oc1ccccc1F)NCC. The first-order valence-electron chi connectivity index (χ1n) is 7.60. The van der Waals surface area contributed by atoms with E-state index in [0.29, 0.717) is 6.54 Å².